The molecule has 0 nitrogen and oxygen atoms in total. The van der Waals surface area contributed by atoms with Crippen molar-refractivity contribution in [3.63, 3.8) is 0 Å². The van der Waals surface area contributed by atoms with Gasteiger partial charge in [-0.05, 0) is 29.5 Å². The predicted octanol–water partition coefficient (Wildman–Crippen LogP) is 4.85. The highest BCUT2D eigenvalue weighted by molar-refractivity contribution is 6.30. The molecule has 0 saturated carbocycles. The van der Waals surface area contributed by atoms with Gasteiger partial charge in [-0.3, -0.25) is 0 Å². The quantitative estimate of drug-likeness (QED) is 0.691. The van der Waals surface area contributed by atoms with Crippen LogP contribution < -0.4 is 0 Å². The maximum absolute atomic E-state index is 13.2. The molecule has 0 aliphatic carbocycles. The number of benzene rings is 1. The van der Waals surface area contributed by atoms with Gasteiger partial charge in [-0.25, -0.2) is 4.39 Å². The molecule has 0 bridgehead atoms. The van der Waals surface area contributed by atoms with Crippen LogP contribution in [-0.4, -0.2) is 0 Å². The molecule has 0 fully saturated rings. The standard InChI is InChI=1S/C13H18ClF/c1-4-13(3,5-2)9-10-6-7-11(14)12(15)8-10/h6-8H,4-5,9H2,1-3H3. The lowest BCUT2D eigenvalue weighted by Gasteiger charge is -2.26. The summed E-state index contributed by atoms with van der Waals surface area (Å²) in [7, 11) is 0. The van der Waals surface area contributed by atoms with Gasteiger partial charge in [-0.15, -0.1) is 0 Å². The molecule has 0 heterocycles. The second-order valence-electron chi connectivity index (χ2n) is 4.44. The molecule has 1 rings (SSSR count). The first-order valence-electron chi connectivity index (χ1n) is 5.44. The molecule has 0 unspecified atom stereocenters. The van der Waals surface area contributed by atoms with Gasteiger partial charge in [0.2, 0.25) is 0 Å². The second-order valence-corrected chi connectivity index (χ2v) is 4.85. The molecule has 0 radical (unpaired) electrons. The molecular formula is C13H18ClF. The molecule has 0 N–H and O–H groups in total. The first kappa shape index (κ1) is 12.5. The molecule has 0 atom stereocenters. The summed E-state index contributed by atoms with van der Waals surface area (Å²) >= 11 is 5.64. The van der Waals surface area contributed by atoms with Crippen molar-refractivity contribution in [1.29, 1.82) is 0 Å². The highest BCUT2D eigenvalue weighted by Crippen LogP contribution is 2.30. The van der Waals surface area contributed by atoms with E-state index >= 15 is 0 Å². The van der Waals surface area contributed by atoms with E-state index in [0.717, 1.165) is 24.8 Å². The third kappa shape index (κ3) is 3.20. The van der Waals surface area contributed by atoms with Crippen molar-refractivity contribution in [2.45, 2.75) is 40.0 Å². The summed E-state index contributed by atoms with van der Waals surface area (Å²) in [4.78, 5) is 0. The van der Waals surface area contributed by atoms with Crippen LogP contribution in [0.1, 0.15) is 39.2 Å². The SMILES string of the molecule is CCC(C)(CC)Cc1ccc(Cl)c(F)c1. The van der Waals surface area contributed by atoms with Gasteiger partial charge in [0.05, 0.1) is 5.02 Å². The Bertz CT molecular complexity index is 329. The highest BCUT2D eigenvalue weighted by Gasteiger charge is 2.20. The maximum Gasteiger partial charge on any atom is 0.142 e. The summed E-state index contributed by atoms with van der Waals surface area (Å²) in [5.41, 5.74) is 1.29. The van der Waals surface area contributed by atoms with Crippen LogP contribution in [-0.2, 0) is 6.42 Å². The maximum atomic E-state index is 13.2. The van der Waals surface area contributed by atoms with E-state index in [0.29, 0.717) is 0 Å². The molecule has 84 valence electrons. The smallest absolute Gasteiger partial charge is 0.142 e. The van der Waals surface area contributed by atoms with Gasteiger partial charge in [0.25, 0.3) is 0 Å². The monoisotopic (exact) mass is 228 g/mol. The Balaban J connectivity index is 2.85. The van der Waals surface area contributed by atoms with Gasteiger partial charge >= 0.3 is 0 Å². The van der Waals surface area contributed by atoms with Crippen molar-refractivity contribution in [3.8, 4) is 0 Å². The number of rotatable bonds is 4. The zero-order valence-electron chi connectivity index (χ0n) is 9.61. The van der Waals surface area contributed by atoms with Crippen molar-refractivity contribution in [2.75, 3.05) is 0 Å². The average molecular weight is 229 g/mol. The number of hydrogen-bond acceptors (Lipinski definition) is 0. The minimum Gasteiger partial charge on any atom is -0.205 e. The molecule has 0 aromatic heterocycles. The Kier molecular flexibility index (Phi) is 4.15. The Morgan fingerprint density at radius 2 is 1.87 bits per heavy atom. The average Bonchev–Trinajstić information content (AvgIpc) is 2.23. The second kappa shape index (κ2) is 4.98. The van der Waals surface area contributed by atoms with E-state index in [1.165, 1.54) is 0 Å². The van der Waals surface area contributed by atoms with Crippen molar-refractivity contribution >= 4 is 11.6 Å². The minimum atomic E-state index is -0.316. The van der Waals surface area contributed by atoms with Gasteiger partial charge in [-0.1, -0.05) is 51.3 Å². The van der Waals surface area contributed by atoms with E-state index in [9.17, 15) is 4.39 Å². The lowest BCUT2D eigenvalue weighted by atomic mass is 9.79. The van der Waals surface area contributed by atoms with Crippen LogP contribution in [0.5, 0.6) is 0 Å². The molecular weight excluding hydrogens is 211 g/mol. The van der Waals surface area contributed by atoms with E-state index in [-0.39, 0.29) is 16.3 Å². The van der Waals surface area contributed by atoms with Crippen LogP contribution in [0.2, 0.25) is 5.02 Å². The van der Waals surface area contributed by atoms with Crippen molar-refractivity contribution in [3.05, 3.63) is 34.6 Å². The summed E-state index contributed by atoms with van der Waals surface area (Å²) < 4.78 is 13.2. The zero-order chi connectivity index (χ0) is 11.5. The lowest BCUT2D eigenvalue weighted by molar-refractivity contribution is 0.295. The van der Waals surface area contributed by atoms with Gasteiger partial charge in [0.15, 0.2) is 0 Å². The summed E-state index contributed by atoms with van der Waals surface area (Å²) in [5.74, 6) is -0.316. The Hall–Kier alpha value is -0.560. The highest BCUT2D eigenvalue weighted by atomic mass is 35.5. The largest absolute Gasteiger partial charge is 0.205 e. The molecule has 0 amide bonds. The molecule has 1 aromatic carbocycles. The van der Waals surface area contributed by atoms with E-state index in [1.807, 2.05) is 6.07 Å². The van der Waals surface area contributed by atoms with Crippen LogP contribution >= 0.6 is 11.6 Å². The fourth-order valence-corrected chi connectivity index (χ4v) is 1.76. The molecule has 2 heteroatoms. The van der Waals surface area contributed by atoms with Crippen molar-refractivity contribution < 1.29 is 4.39 Å². The first-order chi connectivity index (χ1) is 7.00. The molecule has 0 aliphatic rings. The van der Waals surface area contributed by atoms with Crippen molar-refractivity contribution in [2.24, 2.45) is 5.41 Å². The number of halogens is 2. The molecule has 1 aromatic rings. The van der Waals surface area contributed by atoms with Crippen LogP contribution in [0.25, 0.3) is 0 Å². The van der Waals surface area contributed by atoms with E-state index in [2.05, 4.69) is 20.8 Å². The van der Waals surface area contributed by atoms with Gasteiger partial charge in [0, 0.05) is 0 Å². The molecule has 0 aliphatic heterocycles. The third-order valence-corrected chi connectivity index (χ3v) is 3.63. The molecule has 15 heavy (non-hydrogen) atoms. The van der Waals surface area contributed by atoms with Gasteiger partial charge < -0.3 is 0 Å². The van der Waals surface area contributed by atoms with E-state index < -0.39 is 0 Å². The van der Waals surface area contributed by atoms with Gasteiger partial charge in [-0.2, -0.15) is 0 Å². The summed E-state index contributed by atoms with van der Waals surface area (Å²) in [6, 6.07) is 5.10. The minimum absolute atomic E-state index is 0.202. The summed E-state index contributed by atoms with van der Waals surface area (Å²) in [6.45, 7) is 6.59. The summed E-state index contributed by atoms with van der Waals surface area (Å²) in [6.07, 6.45) is 3.12. The zero-order valence-corrected chi connectivity index (χ0v) is 10.4. The Morgan fingerprint density at radius 1 is 1.27 bits per heavy atom. The lowest BCUT2D eigenvalue weighted by Crippen LogP contribution is -2.17. The van der Waals surface area contributed by atoms with Crippen LogP contribution in [0, 0.1) is 11.2 Å². The molecule has 0 saturated heterocycles. The predicted molar refractivity (Wildman–Crippen MR) is 63.8 cm³/mol. The van der Waals surface area contributed by atoms with Crippen LogP contribution in [0.4, 0.5) is 4.39 Å². The van der Waals surface area contributed by atoms with Crippen LogP contribution in [0.3, 0.4) is 0 Å². The Labute approximate surface area is 96.5 Å². The van der Waals surface area contributed by atoms with Crippen molar-refractivity contribution in [1.82, 2.24) is 0 Å². The first-order valence-corrected chi connectivity index (χ1v) is 5.82. The van der Waals surface area contributed by atoms with Crippen LogP contribution in [0.15, 0.2) is 18.2 Å². The third-order valence-electron chi connectivity index (χ3n) is 3.32. The fraction of sp³-hybridized carbons (Fsp3) is 0.538. The fourth-order valence-electron chi connectivity index (χ4n) is 1.64. The van der Waals surface area contributed by atoms with E-state index in [1.54, 1.807) is 12.1 Å². The normalized spacial score (nSPS) is 11.8. The van der Waals surface area contributed by atoms with E-state index in [4.69, 9.17) is 11.6 Å². The summed E-state index contributed by atoms with van der Waals surface area (Å²) in [5, 5.41) is 0.202. The molecule has 0 spiro atoms. The number of hydrogen-bond donors (Lipinski definition) is 0. The topological polar surface area (TPSA) is 0 Å². The Morgan fingerprint density at radius 3 is 2.33 bits per heavy atom. The van der Waals surface area contributed by atoms with Gasteiger partial charge in [0.1, 0.15) is 5.82 Å².